The van der Waals surface area contributed by atoms with Crippen LogP contribution in [0.1, 0.15) is 11.1 Å². The van der Waals surface area contributed by atoms with Gasteiger partial charge in [-0.2, -0.15) is 0 Å². The van der Waals surface area contributed by atoms with Gasteiger partial charge in [0.15, 0.2) is 0 Å². The molecule has 1 N–H and O–H groups in total. The lowest BCUT2D eigenvalue weighted by Gasteiger charge is -2.26. The molecule has 2 nitrogen and oxygen atoms in total. The van der Waals surface area contributed by atoms with Crippen molar-refractivity contribution >= 4 is 11.6 Å². The van der Waals surface area contributed by atoms with Crippen LogP contribution >= 0.6 is 11.6 Å². The van der Waals surface area contributed by atoms with E-state index >= 15 is 0 Å². The van der Waals surface area contributed by atoms with Gasteiger partial charge in [-0.3, -0.25) is 4.90 Å². The zero-order valence-electron chi connectivity index (χ0n) is 10.7. The van der Waals surface area contributed by atoms with Gasteiger partial charge in [-0.1, -0.05) is 60.7 Å². The lowest BCUT2D eigenvalue weighted by Crippen LogP contribution is -2.35. The number of rotatable bonds is 6. The number of nitrogens with zero attached hydrogens (tertiary/aromatic N) is 1. The van der Waals surface area contributed by atoms with Crippen LogP contribution in [0.2, 0.25) is 0 Å². The molecule has 1 atom stereocenters. The van der Waals surface area contributed by atoms with Crippen molar-refractivity contribution in [2.24, 2.45) is 0 Å². The SMILES string of the molecule is OC(CCl)N(Cc1ccccc1)Cc1ccccc1. The Hall–Kier alpha value is -1.35. The standard InChI is InChI=1S/C16H18ClNO/c17-11-16(19)18(12-14-7-3-1-4-8-14)13-15-9-5-2-6-10-15/h1-10,16,19H,11-13H2. The molecule has 0 aliphatic heterocycles. The molecule has 0 radical (unpaired) electrons. The normalized spacial score (nSPS) is 12.6. The Kier molecular flexibility index (Phi) is 5.40. The van der Waals surface area contributed by atoms with Crippen molar-refractivity contribution in [2.45, 2.75) is 19.3 Å². The summed E-state index contributed by atoms with van der Waals surface area (Å²) in [6.07, 6.45) is -0.637. The van der Waals surface area contributed by atoms with Crippen molar-refractivity contribution in [3.63, 3.8) is 0 Å². The van der Waals surface area contributed by atoms with E-state index in [2.05, 4.69) is 24.3 Å². The summed E-state index contributed by atoms with van der Waals surface area (Å²) in [4.78, 5) is 1.97. The molecule has 0 spiro atoms. The van der Waals surface area contributed by atoms with Crippen LogP contribution in [0.5, 0.6) is 0 Å². The van der Waals surface area contributed by atoms with Gasteiger partial charge in [-0.15, -0.1) is 11.6 Å². The van der Waals surface area contributed by atoms with Gasteiger partial charge in [0, 0.05) is 13.1 Å². The summed E-state index contributed by atoms with van der Waals surface area (Å²) >= 11 is 5.79. The molecule has 2 aromatic rings. The number of benzene rings is 2. The molecule has 0 saturated heterocycles. The molecule has 2 aromatic carbocycles. The van der Waals surface area contributed by atoms with Crippen LogP contribution in [-0.2, 0) is 13.1 Å². The maximum absolute atomic E-state index is 10.0. The average molecular weight is 276 g/mol. The maximum atomic E-state index is 10.0. The number of aliphatic hydroxyl groups excluding tert-OH is 1. The van der Waals surface area contributed by atoms with Crippen molar-refractivity contribution in [1.82, 2.24) is 4.90 Å². The van der Waals surface area contributed by atoms with E-state index in [9.17, 15) is 5.11 Å². The third kappa shape index (κ3) is 4.35. The molecule has 3 heteroatoms. The summed E-state index contributed by atoms with van der Waals surface area (Å²) in [5.74, 6) is 0.208. The second-order valence-electron chi connectivity index (χ2n) is 4.51. The van der Waals surface area contributed by atoms with Crippen LogP contribution < -0.4 is 0 Å². The zero-order valence-corrected chi connectivity index (χ0v) is 11.5. The minimum atomic E-state index is -0.637. The predicted molar refractivity (Wildman–Crippen MR) is 78.9 cm³/mol. The molecule has 19 heavy (non-hydrogen) atoms. The fourth-order valence-corrected chi connectivity index (χ4v) is 2.20. The highest BCUT2D eigenvalue weighted by molar-refractivity contribution is 6.18. The Labute approximate surface area is 119 Å². The van der Waals surface area contributed by atoms with E-state index in [0.29, 0.717) is 13.1 Å². The summed E-state index contributed by atoms with van der Waals surface area (Å²) < 4.78 is 0. The lowest BCUT2D eigenvalue weighted by molar-refractivity contribution is 0.00919. The molecular weight excluding hydrogens is 258 g/mol. The predicted octanol–water partition coefficient (Wildman–Crippen LogP) is 3.25. The molecule has 0 bridgehead atoms. The van der Waals surface area contributed by atoms with Crippen molar-refractivity contribution in [1.29, 1.82) is 0 Å². The second kappa shape index (κ2) is 7.29. The van der Waals surface area contributed by atoms with E-state index in [0.717, 1.165) is 0 Å². The smallest absolute Gasteiger partial charge is 0.121 e. The fraction of sp³-hybridized carbons (Fsp3) is 0.250. The summed E-state index contributed by atoms with van der Waals surface area (Å²) in [5.41, 5.74) is 2.34. The van der Waals surface area contributed by atoms with Crippen LogP contribution in [0.4, 0.5) is 0 Å². The second-order valence-corrected chi connectivity index (χ2v) is 4.82. The van der Waals surface area contributed by atoms with Gasteiger partial charge in [-0.05, 0) is 11.1 Å². The topological polar surface area (TPSA) is 23.5 Å². The van der Waals surface area contributed by atoms with Gasteiger partial charge in [0.25, 0.3) is 0 Å². The highest BCUT2D eigenvalue weighted by atomic mass is 35.5. The highest BCUT2D eigenvalue weighted by Crippen LogP contribution is 2.13. The lowest BCUT2D eigenvalue weighted by atomic mass is 10.1. The summed E-state index contributed by atoms with van der Waals surface area (Å²) in [7, 11) is 0. The van der Waals surface area contributed by atoms with E-state index < -0.39 is 6.23 Å². The average Bonchev–Trinajstić information content (AvgIpc) is 2.48. The van der Waals surface area contributed by atoms with Crippen LogP contribution in [0.3, 0.4) is 0 Å². The maximum Gasteiger partial charge on any atom is 0.121 e. The highest BCUT2D eigenvalue weighted by Gasteiger charge is 2.15. The van der Waals surface area contributed by atoms with Crippen LogP contribution in [0.15, 0.2) is 60.7 Å². The van der Waals surface area contributed by atoms with Crippen molar-refractivity contribution < 1.29 is 5.11 Å². The molecule has 0 heterocycles. The van der Waals surface area contributed by atoms with Gasteiger partial charge in [0.2, 0.25) is 0 Å². The number of halogens is 1. The monoisotopic (exact) mass is 275 g/mol. The Bertz CT molecular complexity index is 433. The fourth-order valence-electron chi connectivity index (χ4n) is 2.00. The summed E-state index contributed by atoms with van der Waals surface area (Å²) in [6, 6.07) is 20.2. The van der Waals surface area contributed by atoms with E-state index in [1.807, 2.05) is 41.3 Å². The molecule has 1 unspecified atom stereocenters. The third-order valence-electron chi connectivity index (χ3n) is 3.02. The van der Waals surface area contributed by atoms with Crippen molar-refractivity contribution in [3.05, 3.63) is 71.8 Å². The van der Waals surface area contributed by atoms with E-state index in [4.69, 9.17) is 11.6 Å². The van der Waals surface area contributed by atoms with E-state index in [1.54, 1.807) is 0 Å². The van der Waals surface area contributed by atoms with Gasteiger partial charge in [-0.25, -0.2) is 0 Å². The first kappa shape index (κ1) is 14.1. The third-order valence-corrected chi connectivity index (χ3v) is 3.29. The summed E-state index contributed by atoms with van der Waals surface area (Å²) in [6.45, 7) is 1.37. The Morgan fingerprint density at radius 2 is 1.26 bits per heavy atom. The molecule has 0 aliphatic rings. The molecular formula is C16H18ClNO. The molecule has 0 aliphatic carbocycles. The van der Waals surface area contributed by atoms with Crippen molar-refractivity contribution in [2.75, 3.05) is 5.88 Å². The Morgan fingerprint density at radius 3 is 1.63 bits per heavy atom. The minimum absolute atomic E-state index is 0.208. The quantitative estimate of drug-likeness (QED) is 0.646. The molecule has 2 rings (SSSR count). The molecule has 0 fully saturated rings. The van der Waals surface area contributed by atoms with Gasteiger partial charge < -0.3 is 5.11 Å². The van der Waals surface area contributed by atoms with E-state index in [1.165, 1.54) is 11.1 Å². The first-order valence-electron chi connectivity index (χ1n) is 6.35. The Morgan fingerprint density at radius 1 is 0.842 bits per heavy atom. The van der Waals surface area contributed by atoms with E-state index in [-0.39, 0.29) is 5.88 Å². The number of hydrogen-bond acceptors (Lipinski definition) is 2. The van der Waals surface area contributed by atoms with Crippen LogP contribution in [-0.4, -0.2) is 22.1 Å². The first-order valence-corrected chi connectivity index (χ1v) is 6.89. The number of alkyl halides is 1. The van der Waals surface area contributed by atoms with Gasteiger partial charge >= 0.3 is 0 Å². The number of hydrogen-bond donors (Lipinski definition) is 1. The molecule has 0 saturated carbocycles. The molecule has 100 valence electrons. The molecule has 0 amide bonds. The molecule has 0 aromatic heterocycles. The van der Waals surface area contributed by atoms with Crippen LogP contribution in [0, 0.1) is 0 Å². The van der Waals surface area contributed by atoms with Crippen LogP contribution in [0.25, 0.3) is 0 Å². The van der Waals surface area contributed by atoms with Gasteiger partial charge in [0.1, 0.15) is 6.23 Å². The largest absolute Gasteiger partial charge is 0.377 e. The Balaban J connectivity index is 2.08. The zero-order chi connectivity index (χ0) is 13.5. The number of aliphatic hydroxyl groups is 1. The summed E-state index contributed by atoms with van der Waals surface area (Å²) in [5, 5.41) is 10.0. The van der Waals surface area contributed by atoms with Gasteiger partial charge in [0.05, 0.1) is 5.88 Å². The van der Waals surface area contributed by atoms with Crippen molar-refractivity contribution in [3.8, 4) is 0 Å². The minimum Gasteiger partial charge on any atom is -0.377 e. The first-order chi connectivity index (χ1) is 9.29.